The van der Waals surface area contributed by atoms with Crippen LogP contribution in [0.1, 0.15) is 38.5 Å². The maximum absolute atomic E-state index is 5.52. The van der Waals surface area contributed by atoms with Gasteiger partial charge in [0.05, 0.1) is 0 Å². The van der Waals surface area contributed by atoms with Gasteiger partial charge in [-0.15, -0.1) is 0 Å². The van der Waals surface area contributed by atoms with Crippen LogP contribution in [0.15, 0.2) is 0 Å². The Balaban J connectivity index is 1.97. The highest BCUT2D eigenvalue weighted by molar-refractivity contribution is 6.41. The van der Waals surface area contributed by atoms with E-state index in [4.69, 9.17) is 8.85 Å². The van der Waals surface area contributed by atoms with Crippen molar-refractivity contribution in [2.75, 3.05) is 20.8 Å². The average molecular weight is 229 g/mol. The van der Waals surface area contributed by atoms with Crippen LogP contribution in [0.25, 0.3) is 0 Å². The molecule has 15 heavy (non-hydrogen) atoms. The van der Waals surface area contributed by atoms with Crippen molar-refractivity contribution in [3.8, 4) is 0 Å². The summed E-state index contributed by atoms with van der Waals surface area (Å²) in [5.74, 6) is 0.924. The van der Waals surface area contributed by atoms with Crippen LogP contribution in [0.2, 0.25) is 0 Å². The third-order valence-corrected chi connectivity index (χ3v) is 5.95. The molecule has 0 aromatic rings. The third kappa shape index (κ3) is 2.44. The van der Waals surface area contributed by atoms with E-state index in [1.165, 1.54) is 45.1 Å². The van der Waals surface area contributed by atoms with Crippen LogP contribution >= 0.6 is 0 Å². The fourth-order valence-electron chi connectivity index (χ4n) is 3.29. The predicted octanol–water partition coefficient (Wildman–Crippen LogP) is 1.65. The van der Waals surface area contributed by atoms with Gasteiger partial charge in [0.2, 0.25) is 0 Å². The first kappa shape index (κ1) is 11.6. The quantitative estimate of drug-likeness (QED) is 0.684. The molecule has 1 heterocycles. The molecule has 1 aliphatic heterocycles. The van der Waals surface area contributed by atoms with Gasteiger partial charge in [-0.05, 0) is 38.1 Å². The Morgan fingerprint density at radius 3 is 2.27 bits per heavy atom. The summed E-state index contributed by atoms with van der Waals surface area (Å²) in [7, 11) is 2.07. The van der Waals surface area contributed by atoms with Crippen molar-refractivity contribution in [1.82, 2.24) is 4.57 Å². The Bertz CT molecular complexity index is 185. The molecule has 0 amide bonds. The largest absolute Gasteiger partial charge is 0.410 e. The molecule has 1 saturated carbocycles. The van der Waals surface area contributed by atoms with Gasteiger partial charge in [0.1, 0.15) is 0 Å². The molecule has 1 unspecified atom stereocenters. The summed E-state index contributed by atoms with van der Waals surface area (Å²) in [6.07, 6.45) is 8.41. The van der Waals surface area contributed by atoms with Gasteiger partial charge in [0.25, 0.3) is 0 Å². The molecule has 4 heteroatoms. The molecule has 88 valence electrons. The molecular formula is C11H23NO2Si. The first-order valence-corrected chi connectivity index (χ1v) is 7.64. The molecule has 1 atom stereocenters. The van der Waals surface area contributed by atoms with Crippen molar-refractivity contribution in [1.29, 1.82) is 0 Å². The second-order valence-electron chi connectivity index (χ2n) is 4.77. The standard InChI is InChI=1S/C11H23NO2Si/c1-13-15(14-2)12-9-5-8-11(12)10-6-3-4-7-10/h10-11,15H,3-9H2,1-2H3. The highest BCUT2D eigenvalue weighted by atomic mass is 28.3. The van der Waals surface area contributed by atoms with Gasteiger partial charge in [0, 0.05) is 20.3 Å². The lowest BCUT2D eigenvalue weighted by molar-refractivity contribution is 0.167. The van der Waals surface area contributed by atoms with Gasteiger partial charge in [0.15, 0.2) is 0 Å². The molecule has 0 N–H and O–H groups in total. The van der Waals surface area contributed by atoms with Crippen molar-refractivity contribution in [3.05, 3.63) is 0 Å². The van der Waals surface area contributed by atoms with Crippen LogP contribution in [0.3, 0.4) is 0 Å². The van der Waals surface area contributed by atoms with E-state index in [0.717, 1.165) is 12.0 Å². The first-order chi connectivity index (χ1) is 7.36. The van der Waals surface area contributed by atoms with E-state index in [9.17, 15) is 0 Å². The van der Waals surface area contributed by atoms with Crippen LogP contribution in [-0.4, -0.2) is 40.8 Å². The van der Waals surface area contributed by atoms with E-state index in [1.54, 1.807) is 14.2 Å². The summed E-state index contributed by atoms with van der Waals surface area (Å²) in [5, 5.41) is 0. The zero-order chi connectivity index (χ0) is 10.7. The molecule has 2 fully saturated rings. The van der Waals surface area contributed by atoms with E-state index < -0.39 is 9.45 Å². The van der Waals surface area contributed by atoms with Crippen LogP contribution in [-0.2, 0) is 8.85 Å². The van der Waals surface area contributed by atoms with Crippen molar-refractivity contribution < 1.29 is 8.85 Å². The zero-order valence-corrected chi connectivity index (χ0v) is 11.1. The summed E-state index contributed by atoms with van der Waals surface area (Å²) in [6.45, 7) is 1.19. The summed E-state index contributed by atoms with van der Waals surface area (Å²) >= 11 is 0. The van der Waals surface area contributed by atoms with Crippen LogP contribution in [0, 0.1) is 5.92 Å². The van der Waals surface area contributed by atoms with Gasteiger partial charge in [-0.2, -0.15) is 0 Å². The van der Waals surface area contributed by atoms with Gasteiger partial charge in [-0.3, -0.25) is 4.57 Å². The lowest BCUT2D eigenvalue weighted by atomic mass is 9.97. The topological polar surface area (TPSA) is 21.7 Å². The normalized spacial score (nSPS) is 29.4. The molecule has 2 rings (SSSR count). The number of hydrogen-bond donors (Lipinski definition) is 0. The summed E-state index contributed by atoms with van der Waals surface area (Å²) in [6, 6.07) is 0.768. The van der Waals surface area contributed by atoms with Crippen molar-refractivity contribution in [3.63, 3.8) is 0 Å². The molecule has 0 spiro atoms. The van der Waals surface area contributed by atoms with E-state index in [2.05, 4.69) is 4.57 Å². The second-order valence-corrected chi connectivity index (χ2v) is 6.99. The number of nitrogens with zero attached hydrogens (tertiary/aromatic N) is 1. The van der Waals surface area contributed by atoms with Gasteiger partial charge < -0.3 is 8.85 Å². The molecule has 1 aliphatic carbocycles. The minimum atomic E-state index is -1.53. The second kappa shape index (κ2) is 5.43. The number of hydrogen-bond acceptors (Lipinski definition) is 3. The monoisotopic (exact) mass is 229 g/mol. The summed E-state index contributed by atoms with van der Waals surface area (Å²) in [5.41, 5.74) is 0. The lowest BCUT2D eigenvalue weighted by Crippen LogP contribution is -2.48. The Kier molecular flexibility index (Phi) is 4.19. The fourth-order valence-corrected chi connectivity index (χ4v) is 5.12. The van der Waals surface area contributed by atoms with Crippen molar-refractivity contribution >= 4 is 9.45 Å². The van der Waals surface area contributed by atoms with Gasteiger partial charge >= 0.3 is 9.45 Å². The average Bonchev–Trinajstić information content (AvgIpc) is 2.88. The molecule has 0 radical (unpaired) electrons. The van der Waals surface area contributed by atoms with Crippen molar-refractivity contribution in [2.24, 2.45) is 5.92 Å². The van der Waals surface area contributed by atoms with Crippen LogP contribution in [0.5, 0.6) is 0 Å². The Morgan fingerprint density at radius 2 is 1.67 bits per heavy atom. The lowest BCUT2D eigenvalue weighted by Gasteiger charge is -2.32. The van der Waals surface area contributed by atoms with E-state index >= 15 is 0 Å². The molecule has 0 bridgehead atoms. The molecule has 0 aromatic carbocycles. The molecule has 3 nitrogen and oxygen atoms in total. The first-order valence-electron chi connectivity index (χ1n) is 6.18. The fraction of sp³-hybridized carbons (Fsp3) is 1.00. The molecule has 2 aliphatic rings. The molecular weight excluding hydrogens is 206 g/mol. The third-order valence-electron chi connectivity index (χ3n) is 3.96. The Morgan fingerprint density at radius 1 is 1.00 bits per heavy atom. The smallest absolute Gasteiger partial charge is 0.388 e. The van der Waals surface area contributed by atoms with E-state index in [1.807, 2.05) is 0 Å². The highest BCUT2D eigenvalue weighted by Crippen LogP contribution is 2.35. The molecule has 1 saturated heterocycles. The zero-order valence-electron chi connectivity index (χ0n) is 9.95. The predicted molar refractivity (Wildman–Crippen MR) is 62.9 cm³/mol. The van der Waals surface area contributed by atoms with E-state index in [0.29, 0.717) is 0 Å². The SMILES string of the molecule is CO[SiH](OC)N1CCCC1C1CCCC1. The maximum atomic E-state index is 5.52. The van der Waals surface area contributed by atoms with Gasteiger partial charge in [-0.1, -0.05) is 12.8 Å². The molecule has 0 aromatic heterocycles. The van der Waals surface area contributed by atoms with Crippen LogP contribution in [0.4, 0.5) is 0 Å². The minimum absolute atomic E-state index is 0.768. The maximum Gasteiger partial charge on any atom is 0.410 e. The van der Waals surface area contributed by atoms with Crippen molar-refractivity contribution in [2.45, 2.75) is 44.6 Å². The number of rotatable bonds is 4. The summed E-state index contributed by atoms with van der Waals surface area (Å²) < 4.78 is 13.6. The Labute approximate surface area is 94.7 Å². The Hall–Kier alpha value is 0.0969. The highest BCUT2D eigenvalue weighted by Gasteiger charge is 2.38. The van der Waals surface area contributed by atoms with Crippen LogP contribution < -0.4 is 0 Å². The minimum Gasteiger partial charge on any atom is -0.388 e. The van der Waals surface area contributed by atoms with Gasteiger partial charge in [-0.25, -0.2) is 0 Å². The summed E-state index contributed by atoms with van der Waals surface area (Å²) in [4.78, 5) is 0. The van der Waals surface area contributed by atoms with E-state index in [-0.39, 0.29) is 0 Å².